The summed E-state index contributed by atoms with van der Waals surface area (Å²) in [5.74, 6) is -0.747. The predicted molar refractivity (Wildman–Crippen MR) is 117 cm³/mol. The van der Waals surface area contributed by atoms with Crippen LogP contribution in [0.15, 0.2) is 46.1 Å². The van der Waals surface area contributed by atoms with Crippen LogP contribution in [0.25, 0.3) is 0 Å². The highest BCUT2D eigenvalue weighted by Crippen LogP contribution is 2.51. The van der Waals surface area contributed by atoms with Crippen LogP contribution < -0.4 is 16.6 Å². The molecule has 2 aromatic rings. The lowest BCUT2D eigenvalue weighted by Gasteiger charge is -2.17. The number of amides is 1. The summed E-state index contributed by atoms with van der Waals surface area (Å²) in [6.07, 6.45) is -4.87. The zero-order chi connectivity index (χ0) is 24.2. The van der Waals surface area contributed by atoms with Crippen molar-refractivity contribution in [3.8, 4) is 0 Å². The minimum Gasteiger partial charge on any atom is -0.387 e. The van der Waals surface area contributed by atoms with Gasteiger partial charge in [0, 0.05) is 18.0 Å². The van der Waals surface area contributed by atoms with Gasteiger partial charge in [0.15, 0.2) is 12.3 Å². The van der Waals surface area contributed by atoms with Gasteiger partial charge in [0.25, 0.3) is 11.5 Å². The lowest BCUT2D eigenvalue weighted by atomic mass is 10.1. The fourth-order valence-corrected chi connectivity index (χ4v) is 5.09. The number of nitrogens with zero attached hydrogens (tertiary/aromatic N) is 1. The van der Waals surface area contributed by atoms with E-state index in [9.17, 15) is 29.2 Å². The molecule has 1 saturated heterocycles. The summed E-state index contributed by atoms with van der Waals surface area (Å²) < 4.78 is 29.5. The number of aromatic amines is 1. The minimum atomic E-state index is -3.28. The van der Waals surface area contributed by atoms with Crippen molar-refractivity contribution in [3.63, 3.8) is 0 Å². The summed E-state index contributed by atoms with van der Waals surface area (Å²) >= 11 is 0. The molecular formula is C20H26N3O9P. The van der Waals surface area contributed by atoms with Crippen LogP contribution in [0.2, 0.25) is 0 Å². The van der Waals surface area contributed by atoms with E-state index in [1.54, 1.807) is 38.1 Å². The first-order chi connectivity index (χ1) is 15.7. The predicted octanol–water partition coefficient (Wildman–Crippen LogP) is 0.561. The standard InChI is InChI=1S/C20H26N3O9P/c1-3-30-33(29,31-4-2)11-12-5-7-13(8-6-12)21-18(27)17-15(25)16(26)19(32-17)23-10-9-14(24)22-20(23)28/h5-10,15-17,19,25-26H,3-4,11H2,1-2H3,(H,21,27)(H,22,24,28)/t15-,16+,17-,19+/m0/s1. The Kier molecular flexibility index (Phi) is 8.01. The monoisotopic (exact) mass is 483 g/mol. The van der Waals surface area contributed by atoms with E-state index in [0.29, 0.717) is 11.3 Å². The number of H-pyrrole nitrogens is 1. The maximum absolute atomic E-state index is 12.7. The van der Waals surface area contributed by atoms with Crippen LogP contribution in [-0.2, 0) is 29.3 Å². The number of nitrogens with one attached hydrogen (secondary N) is 2. The molecule has 0 radical (unpaired) electrons. The smallest absolute Gasteiger partial charge is 0.335 e. The number of carbonyl (C=O) groups excluding carboxylic acids is 1. The second-order valence-electron chi connectivity index (χ2n) is 7.24. The molecule has 1 aromatic heterocycles. The third kappa shape index (κ3) is 5.85. The van der Waals surface area contributed by atoms with Crippen molar-refractivity contribution in [2.75, 3.05) is 18.5 Å². The number of aliphatic hydroxyl groups excluding tert-OH is 2. The summed E-state index contributed by atoms with van der Waals surface area (Å²) in [6.45, 7) is 3.93. The average Bonchev–Trinajstić information content (AvgIpc) is 3.04. The molecule has 180 valence electrons. The molecule has 0 bridgehead atoms. The Labute approximate surface area is 188 Å². The molecule has 0 saturated carbocycles. The molecular weight excluding hydrogens is 457 g/mol. The van der Waals surface area contributed by atoms with Gasteiger partial charge < -0.3 is 29.3 Å². The number of hydrogen-bond donors (Lipinski definition) is 4. The van der Waals surface area contributed by atoms with E-state index in [1.807, 2.05) is 4.98 Å². The summed E-state index contributed by atoms with van der Waals surface area (Å²) in [4.78, 5) is 37.8. The number of carbonyl (C=O) groups is 1. The van der Waals surface area contributed by atoms with Gasteiger partial charge in [0.05, 0.1) is 19.4 Å². The highest BCUT2D eigenvalue weighted by atomic mass is 31.2. The number of rotatable bonds is 9. The highest BCUT2D eigenvalue weighted by molar-refractivity contribution is 7.53. The van der Waals surface area contributed by atoms with E-state index < -0.39 is 49.3 Å². The van der Waals surface area contributed by atoms with E-state index in [4.69, 9.17) is 13.8 Å². The SMILES string of the molecule is CCOP(=O)(Cc1ccc(NC(=O)[C@H]2O[C@@H](n3ccc(=O)[nH]c3=O)[C@H](O)[C@@H]2O)cc1)OCC. The molecule has 4 atom stereocenters. The Hall–Kier alpha value is -2.60. The quantitative estimate of drug-likeness (QED) is 0.372. The molecule has 12 nitrogen and oxygen atoms in total. The molecule has 0 aliphatic carbocycles. The van der Waals surface area contributed by atoms with Gasteiger partial charge in [-0.1, -0.05) is 12.1 Å². The van der Waals surface area contributed by atoms with Gasteiger partial charge in [-0.25, -0.2) is 4.79 Å². The van der Waals surface area contributed by atoms with Crippen LogP contribution in [0, 0.1) is 0 Å². The molecule has 33 heavy (non-hydrogen) atoms. The maximum atomic E-state index is 12.7. The first kappa shape index (κ1) is 25.0. The topological polar surface area (TPSA) is 169 Å². The fourth-order valence-electron chi connectivity index (χ4n) is 3.39. The molecule has 0 spiro atoms. The largest absolute Gasteiger partial charge is 0.387 e. The molecule has 0 unspecified atom stereocenters. The van der Waals surface area contributed by atoms with Crippen molar-refractivity contribution in [1.29, 1.82) is 0 Å². The molecule has 2 heterocycles. The van der Waals surface area contributed by atoms with Crippen LogP contribution in [0.3, 0.4) is 0 Å². The normalized spacial score (nSPS) is 22.9. The Morgan fingerprint density at radius 2 is 1.76 bits per heavy atom. The molecule has 1 amide bonds. The molecule has 1 aliphatic heterocycles. The summed E-state index contributed by atoms with van der Waals surface area (Å²) in [7, 11) is -3.28. The van der Waals surface area contributed by atoms with Gasteiger partial charge in [0.2, 0.25) is 0 Å². The molecule has 3 rings (SSSR count). The van der Waals surface area contributed by atoms with E-state index in [2.05, 4.69) is 5.32 Å². The summed E-state index contributed by atoms with van der Waals surface area (Å²) in [5, 5.41) is 23.1. The second-order valence-corrected chi connectivity index (χ2v) is 9.29. The Morgan fingerprint density at radius 3 is 2.33 bits per heavy atom. The Balaban J connectivity index is 1.68. The summed E-state index contributed by atoms with van der Waals surface area (Å²) in [6, 6.07) is 7.47. The first-order valence-electron chi connectivity index (χ1n) is 10.3. The van der Waals surface area contributed by atoms with Crippen LogP contribution in [-0.4, -0.2) is 57.2 Å². The van der Waals surface area contributed by atoms with E-state index in [1.165, 1.54) is 0 Å². The lowest BCUT2D eigenvalue weighted by molar-refractivity contribution is -0.132. The molecule has 1 aromatic carbocycles. The zero-order valence-corrected chi connectivity index (χ0v) is 18.9. The van der Waals surface area contributed by atoms with Crippen LogP contribution >= 0.6 is 7.60 Å². The summed E-state index contributed by atoms with van der Waals surface area (Å²) in [5.41, 5.74) is -0.461. The van der Waals surface area contributed by atoms with Gasteiger partial charge >= 0.3 is 13.3 Å². The van der Waals surface area contributed by atoms with Crippen molar-refractivity contribution >= 4 is 19.2 Å². The van der Waals surface area contributed by atoms with Crippen LogP contribution in [0.5, 0.6) is 0 Å². The van der Waals surface area contributed by atoms with Crippen molar-refractivity contribution in [2.45, 2.75) is 44.5 Å². The zero-order valence-electron chi connectivity index (χ0n) is 18.0. The number of benzene rings is 1. The molecule has 1 aliphatic rings. The van der Waals surface area contributed by atoms with Crippen molar-refractivity contribution in [1.82, 2.24) is 9.55 Å². The van der Waals surface area contributed by atoms with Crippen molar-refractivity contribution in [2.24, 2.45) is 0 Å². The molecule has 13 heteroatoms. The number of aliphatic hydroxyl groups is 2. The van der Waals surface area contributed by atoms with Crippen molar-refractivity contribution in [3.05, 3.63) is 62.9 Å². The molecule has 4 N–H and O–H groups in total. The number of ether oxygens (including phenoxy) is 1. The fraction of sp³-hybridized carbons (Fsp3) is 0.450. The Morgan fingerprint density at radius 1 is 1.12 bits per heavy atom. The first-order valence-corrected chi connectivity index (χ1v) is 12.0. The minimum absolute atomic E-state index is 0.0646. The van der Waals surface area contributed by atoms with E-state index >= 15 is 0 Å². The Bertz CT molecular complexity index is 1120. The molecule has 1 fully saturated rings. The third-order valence-electron chi connectivity index (χ3n) is 4.87. The van der Waals surface area contributed by atoms with Crippen molar-refractivity contribution < 1.29 is 33.4 Å². The lowest BCUT2D eigenvalue weighted by Crippen LogP contribution is -2.39. The number of hydrogen-bond acceptors (Lipinski definition) is 9. The van der Waals surface area contributed by atoms with E-state index in [-0.39, 0.29) is 19.4 Å². The second kappa shape index (κ2) is 10.6. The number of aromatic nitrogens is 2. The number of anilines is 1. The third-order valence-corrected chi connectivity index (χ3v) is 6.93. The average molecular weight is 483 g/mol. The van der Waals surface area contributed by atoms with Crippen LogP contribution in [0.4, 0.5) is 5.69 Å². The van der Waals surface area contributed by atoms with Gasteiger partial charge in [0.1, 0.15) is 12.2 Å². The van der Waals surface area contributed by atoms with Crippen LogP contribution in [0.1, 0.15) is 25.6 Å². The van der Waals surface area contributed by atoms with E-state index in [0.717, 1.165) is 16.8 Å². The maximum Gasteiger partial charge on any atom is 0.335 e. The van der Waals surface area contributed by atoms with Gasteiger partial charge in [-0.15, -0.1) is 0 Å². The van der Waals surface area contributed by atoms with Gasteiger partial charge in [-0.05, 0) is 31.5 Å². The highest BCUT2D eigenvalue weighted by Gasteiger charge is 2.47. The van der Waals surface area contributed by atoms with Gasteiger partial charge in [-0.3, -0.25) is 23.7 Å². The van der Waals surface area contributed by atoms with Gasteiger partial charge in [-0.2, -0.15) is 0 Å².